The first-order valence-corrected chi connectivity index (χ1v) is 7.51. The molecule has 0 spiro atoms. The number of nitrogens with zero attached hydrogens (tertiary/aromatic N) is 2. The van der Waals surface area contributed by atoms with Crippen molar-refractivity contribution in [2.24, 2.45) is 5.84 Å². The van der Waals surface area contributed by atoms with Crippen LogP contribution in [0, 0.1) is 0 Å². The van der Waals surface area contributed by atoms with Gasteiger partial charge in [0, 0.05) is 17.3 Å². The summed E-state index contributed by atoms with van der Waals surface area (Å²) in [7, 11) is 0. The summed E-state index contributed by atoms with van der Waals surface area (Å²) in [6.07, 6.45) is -1.65. The van der Waals surface area contributed by atoms with Gasteiger partial charge in [0.1, 0.15) is 0 Å². The van der Waals surface area contributed by atoms with Crippen LogP contribution in [0.25, 0.3) is 10.2 Å². The molecule has 0 aliphatic carbocycles. The van der Waals surface area contributed by atoms with Crippen LogP contribution < -0.4 is 11.3 Å². The Morgan fingerprint density at radius 2 is 2.05 bits per heavy atom. The zero-order valence-corrected chi connectivity index (χ0v) is 12.0. The van der Waals surface area contributed by atoms with Crippen LogP contribution in [-0.4, -0.2) is 9.97 Å². The van der Waals surface area contributed by atoms with E-state index in [4.69, 9.17) is 5.84 Å². The zero-order valence-electron chi connectivity index (χ0n) is 10.4. The summed E-state index contributed by atoms with van der Waals surface area (Å²) in [4.78, 5) is 8.07. The molecular weight excluding hydrogens is 321 g/mol. The van der Waals surface area contributed by atoms with Gasteiger partial charge in [-0.25, -0.2) is 10.4 Å². The number of thiophene rings is 1. The molecule has 9 heteroatoms. The Kier molecular flexibility index (Phi) is 3.66. The standard InChI is InChI=1S/C12H9F3N4S2/c13-12(14,15)11-18-5-9(21-11)10(19-16)6-3-8-7(17-4-6)1-2-20-8/h1-5,10,19H,16H2. The van der Waals surface area contributed by atoms with Gasteiger partial charge in [0.2, 0.25) is 0 Å². The van der Waals surface area contributed by atoms with Crippen molar-refractivity contribution >= 4 is 32.9 Å². The summed E-state index contributed by atoms with van der Waals surface area (Å²) in [5, 5.41) is 1.02. The molecule has 0 aliphatic rings. The van der Waals surface area contributed by atoms with Crippen molar-refractivity contribution in [1.82, 2.24) is 15.4 Å². The molecule has 0 radical (unpaired) electrons. The molecule has 0 bridgehead atoms. The Labute approximate surface area is 125 Å². The fourth-order valence-electron chi connectivity index (χ4n) is 1.91. The van der Waals surface area contributed by atoms with E-state index in [9.17, 15) is 13.2 Å². The molecule has 3 heterocycles. The quantitative estimate of drug-likeness (QED) is 0.571. The molecule has 1 unspecified atom stereocenters. The Morgan fingerprint density at radius 3 is 2.71 bits per heavy atom. The SMILES string of the molecule is NNC(c1cnc2ccsc2c1)c1cnc(C(F)(F)F)s1. The number of nitrogens with two attached hydrogens (primary N) is 1. The lowest BCUT2D eigenvalue weighted by molar-refractivity contribution is -0.137. The van der Waals surface area contributed by atoms with E-state index in [0.717, 1.165) is 10.2 Å². The van der Waals surface area contributed by atoms with Crippen molar-refractivity contribution < 1.29 is 13.2 Å². The van der Waals surface area contributed by atoms with Crippen LogP contribution in [0.3, 0.4) is 0 Å². The summed E-state index contributed by atoms with van der Waals surface area (Å²) >= 11 is 2.08. The second-order valence-corrected chi connectivity index (χ2v) is 6.25. The smallest absolute Gasteiger partial charge is 0.271 e. The molecule has 0 aromatic carbocycles. The number of hydrazine groups is 1. The molecular formula is C12H9F3N4S2. The number of aromatic nitrogens is 2. The number of alkyl halides is 3. The molecule has 0 saturated heterocycles. The maximum Gasteiger partial charge on any atom is 0.443 e. The minimum atomic E-state index is -4.45. The molecule has 0 fully saturated rings. The van der Waals surface area contributed by atoms with Gasteiger partial charge in [-0.05, 0) is 23.1 Å². The van der Waals surface area contributed by atoms with Crippen LogP contribution in [0.5, 0.6) is 0 Å². The first-order valence-electron chi connectivity index (χ1n) is 5.81. The van der Waals surface area contributed by atoms with E-state index in [-0.39, 0.29) is 0 Å². The number of nitrogens with one attached hydrogen (secondary N) is 1. The molecule has 4 nitrogen and oxygen atoms in total. The highest BCUT2D eigenvalue weighted by molar-refractivity contribution is 7.17. The van der Waals surface area contributed by atoms with Crippen LogP contribution >= 0.6 is 22.7 Å². The van der Waals surface area contributed by atoms with Gasteiger partial charge in [-0.15, -0.1) is 22.7 Å². The van der Waals surface area contributed by atoms with Crippen molar-refractivity contribution in [2.45, 2.75) is 12.2 Å². The third-order valence-electron chi connectivity index (χ3n) is 2.87. The maximum absolute atomic E-state index is 12.6. The van der Waals surface area contributed by atoms with Gasteiger partial charge in [0.05, 0.1) is 16.3 Å². The summed E-state index contributed by atoms with van der Waals surface area (Å²) in [5.41, 5.74) is 4.07. The van der Waals surface area contributed by atoms with Crippen LogP contribution in [0.2, 0.25) is 0 Å². The highest BCUT2D eigenvalue weighted by Crippen LogP contribution is 2.36. The van der Waals surface area contributed by atoms with Crippen LogP contribution in [-0.2, 0) is 6.18 Å². The van der Waals surface area contributed by atoms with E-state index >= 15 is 0 Å². The number of hydrogen-bond acceptors (Lipinski definition) is 6. The minimum absolute atomic E-state index is 0.391. The van der Waals surface area contributed by atoms with Crippen molar-refractivity contribution in [3.8, 4) is 0 Å². The van der Waals surface area contributed by atoms with Gasteiger partial charge in [0.15, 0.2) is 5.01 Å². The minimum Gasteiger partial charge on any atom is -0.271 e. The Bertz CT molecular complexity index is 765. The van der Waals surface area contributed by atoms with Crippen LogP contribution in [0.1, 0.15) is 21.5 Å². The van der Waals surface area contributed by atoms with Gasteiger partial charge in [0.25, 0.3) is 0 Å². The Hall–Kier alpha value is -1.55. The molecule has 0 aliphatic heterocycles. The van der Waals surface area contributed by atoms with E-state index in [0.29, 0.717) is 21.8 Å². The Balaban J connectivity index is 1.99. The zero-order chi connectivity index (χ0) is 15.0. The predicted octanol–water partition coefficient (Wildman–Crippen LogP) is 3.32. The molecule has 0 saturated carbocycles. The van der Waals surface area contributed by atoms with Crippen molar-refractivity contribution in [3.05, 3.63) is 45.4 Å². The lowest BCUT2D eigenvalue weighted by atomic mass is 10.1. The fraction of sp³-hybridized carbons (Fsp3) is 0.167. The molecule has 1 atom stereocenters. The maximum atomic E-state index is 12.6. The summed E-state index contributed by atoms with van der Waals surface area (Å²) in [5.74, 6) is 5.50. The normalized spacial score (nSPS) is 13.7. The van der Waals surface area contributed by atoms with Crippen LogP contribution in [0.4, 0.5) is 13.2 Å². The lowest BCUT2D eigenvalue weighted by Gasteiger charge is -2.13. The predicted molar refractivity (Wildman–Crippen MR) is 75.9 cm³/mol. The topological polar surface area (TPSA) is 63.8 Å². The largest absolute Gasteiger partial charge is 0.443 e. The number of pyridine rings is 1. The molecule has 0 amide bonds. The van der Waals surface area contributed by atoms with E-state index < -0.39 is 17.2 Å². The Morgan fingerprint density at radius 1 is 1.24 bits per heavy atom. The van der Waals surface area contributed by atoms with E-state index in [1.165, 1.54) is 17.5 Å². The van der Waals surface area contributed by atoms with Gasteiger partial charge in [-0.2, -0.15) is 13.2 Å². The molecule has 3 N–H and O–H groups in total. The van der Waals surface area contributed by atoms with Crippen LogP contribution in [0.15, 0.2) is 29.9 Å². The monoisotopic (exact) mass is 330 g/mol. The number of hydrogen-bond donors (Lipinski definition) is 2. The number of thiazole rings is 1. The summed E-state index contributed by atoms with van der Waals surface area (Å²) in [6, 6.07) is 3.17. The van der Waals surface area contributed by atoms with Gasteiger partial charge < -0.3 is 0 Å². The van der Waals surface area contributed by atoms with Gasteiger partial charge in [-0.3, -0.25) is 10.8 Å². The number of rotatable bonds is 3. The second kappa shape index (κ2) is 5.34. The molecule has 3 rings (SSSR count). The summed E-state index contributed by atoms with van der Waals surface area (Å²) in [6.45, 7) is 0. The van der Waals surface area contributed by atoms with Crippen molar-refractivity contribution in [1.29, 1.82) is 0 Å². The van der Waals surface area contributed by atoms with E-state index in [2.05, 4.69) is 15.4 Å². The molecule has 110 valence electrons. The third-order valence-corrected chi connectivity index (χ3v) is 4.83. The lowest BCUT2D eigenvalue weighted by Crippen LogP contribution is -2.28. The van der Waals surface area contributed by atoms with Gasteiger partial charge in [-0.1, -0.05) is 0 Å². The second-order valence-electron chi connectivity index (χ2n) is 4.24. The van der Waals surface area contributed by atoms with Gasteiger partial charge >= 0.3 is 6.18 Å². The first-order chi connectivity index (χ1) is 9.99. The first kappa shape index (κ1) is 14.4. The average Bonchev–Trinajstić information content (AvgIpc) is 3.06. The molecule has 3 aromatic rings. The molecule has 21 heavy (non-hydrogen) atoms. The number of fused-ring (bicyclic) bond motifs is 1. The van der Waals surface area contributed by atoms with E-state index in [1.807, 2.05) is 17.5 Å². The molecule has 3 aromatic heterocycles. The van der Waals surface area contributed by atoms with Crippen molar-refractivity contribution in [3.63, 3.8) is 0 Å². The third kappa shape index (κ3) is 2.77. The highest BCUT2D eigenvalue weighted by atomic mass is 32.1. The fourth-order valence-corrected chi connectivity index (χ4v) is 3.57. The summed E-state index contributed by atoms with van der Waals surface area (Å²) < 4.78 is 38.8. The average molecular weight is 330 g/mol. The van der Waals surface area contributed by atoms with Crippen molar-refractivity contribution in [2.75, 3.05) is 0 Å². The number of halogens is 3. The van der Waals surface area contributed by atoms with E-state index in [1.54, 1.807) is 6.20 Å². The highest BCUT2D eigenvalue weighted by Gasteiger charge is 2.35.